The number of nitrogens with two attached hydrogens (primary N) is 1. The molecule has 0 amide bonds. The van der Waals surface area contributed by atoms with Crippen molar-refractivity contribution in [2.24, 2.45) is 23.0 Å². The predicted molar refractivity (Wildman–Crippen MR) is 82.0 cm³/mol. The fourth-order valence-corrected chi connectivity index (χ4v) is 2.77. The Hall–Kier alpha value is 0.300. The van der Waals surface area contributed by atoms with Crippen molar-refractivity contribution in [2.75, 3.05) is 13.2 Å². The quantitative estimate of drug-likeness (QED) is 0.573. The maximum absolute atomic E-state index is 11.7. The van der Waals surface area contributed by atoms with Crippen LogP contribution in [0, 0.1) is 17.3 Å². The zero-order valence-corrected chi connectivity index (χ0v) is 14.1. The Labute approximate surface area is 131 Å². The molecule has 0 saturated heterocycles. The summed E-state index contributed by atoms with van der Waals surface area (Å²) in [6.07, 6.45) is 1.99. The summed E-state index contributed by atoms with van der Waals surface area (Å²) in [6, 6.07) is 0. The number of hydrogen-bond acceptors (Lipinski definition) is 3. The Balaban J connectivity index is 0.00000324. The minimum Gasteiger partial charge on any atom is -0.465 e. The van der Waals surface area contributed by atoms with Gasteiger partial charge in [0.1, 0.15) is 4.33 Å². The molecular weight excluding hydrogens is 309 g/mol. The van der Waals surface area contributed by atoms with Gasteiger partial charge in [0, 0.05) is 11.8 Å². The molecule has 6 heteroatoms. The van der Waals surface area contributed by atoms with Gasteiger partial charge in [0.05, 0.1) is 6.61 Å². The lowest BCUT2D eigenvalue weighted by Gasteiger charge is -2.17. The summed E-state index contributed by atoms with van der Waals surface area (Å²) in [5.41, 5.74) is 5.37. The fraction of sp³-hybridized carbons (Fsp3) is 0.923. The standard InChI is InChI=1S/C13H23Cl2NO2.ClH/c1-9(2)4-10(6-16)5-11(17)18-8-12(3)7-13(12,14)15;/h9-10H,4-8,16H2,1-3H3;1H/t10-,12?;/m0./s1. The Morgan fingerprint density at radius 3 is 2.32 bits per heavy atom. The largest absolute Gasteiger partial charge is 0.465 e. The number of alkyl halides is 2. The van der Waals surface area contributed by atoms with Gasteiger partial charge in [-0.05, 0) is 31.2 Å². The molecule has 0 aliphatic heterocycles. The van der Waals surface area contributed by atoms with Crippen LogP contribution in [0.1, 0.15) is 40.0 Å². The van der Waals surface area contributed by atoms with Gasteiger partial charge < -0.3 is 10.5 Å². The van der Waals surface area contributed by atoms with Crippen molar-refractivity contribution in [1.29, 1.82) is 0 Å². The van der Waals surface area contributed by atoms with Gasteiger partial charge in [-0.25, -0.2) is 0 Å². The van der Waals surface area contributed by atoms with Gasteiger partial charge in [0.25, 0.3) is 0 Å². The minimum atomic E-state index is -0.738. The number of ether oxygens (including phenoxy) is 1. The third kappa shape index (κ3) is 5.66. The first kappa shape index (κ1) is 19.3. The molecule has 0 heterocycles. The molecule has 1 fully saturated rings. The highest BCUT2D eigenvalue weighted by Gasteiger charge is 2.63. The Bertz CT molecular complexity index is 310. The molecule has 114 valence electrons. The lowest BCUT2D eigenvalue weighted by molar-refractivity contribution is -0.146. The number of carbonyl (C=O) groups is 1. The average molecular weight is 333 g/mol. The summed E-state index contributed by atoms with van der Waals surface area (Å²) >= 11 is 12.0. The molecule has 1 unspecified atom stereocenters. The first-order valence-corrected chi connectivity index (χ1v) is 7.19. The molecule has 0 aromatic heterocycles. The topological polar surface area (TPSA) is 52.3 Å². The molecule has 3 nitrogen and oxygen atoms in total. The van der Waals surface area contributed by atoms with E-state index in [1.807, 2.05) is 6.92 Å². The Morgan fingerprint density at radius 1 is 1.42 bits per heavy atom. The molecule has 1 saturated carbocycles. The normalized spacial score (nSPS) is 25.6. The fourth-order valence-electron chi connectivity index (χ4n) is 2.07. The molecule has 1 aliphatic rings. The smallest absolute Gasteiger partial charge is 0.306 e. The second-order valence-electron chi connectivity index (χ2n) is 6.04. The SMILES string of the molecule is CC(C)C[C@H](CN)CC(=O)OCC1(C)CC1(Cl)Cl.Cl. The summed E-state index contributed by atoms with van der Waals surface area (Å²) in [7, 11) is 0. The highest BCUT2D eigenvalue weighted by Crippen LogP contribution is 2.63. The molecule has 1 rings (SSSR count). The maximum atomic E-state index is 11.7. The summed E-state index contributed by atoms with van der Waals surface area (Å²) in [6.45, 7) is 6.97. The van der Waals surface area contributed by atoms with Crippen LogP contribution in [0.25, 0.3) is 0 Å². The van der Waals surface area contributed by atoms with Crippen LogP contribution in [-0.2, 0) is 9.53 Å². The van der Waals surface area contributed by atoms with Gasteiger partial charge in [-0.2, -0.15) is 0 Å². The zero-order valence-electron chi connectivity index (χ0n) is 11.7. The number of hydrogen-bond donors (Lipinski definition) is 1. The number of esters is 1. The number of halogens is 3. The highest BCUT2D eigenvalue weighted by molar-refractivity contribution is 6.51. The number of carbonyl (C=O) groups excluding carboxylic acids is 1. The number of rotatable bonds is 7. The van der Waals surface area contributed by atoms with Gasteiger partial charge in [-0.3, -0.25) is 4.79 Å². The molecule has 0 aromatic rings. The minimum absolute atomic E-state index is 0. The molecule has 0 bridgehead atoms. The van der Waals surface area contributed by atoms with Crippen molar-refractivity contribution >= 4 is 41.6 Å². The van der Waals surface area contributed by atoms with Gasteiger partial charge in [-0.15, -0.1) is 35.6 Å². The van der Waals surface area contributed by atoms with Crippen molar-refractivity contribution in [3.63, 3.8) is 0 Å². The molecule has 0 radical (unpaired) electrons. The third-order valence-corrected chi connectivity index (χ3v) is 4.70. The molecule has 0 aromatic carbocycles. The monoisotopic (exact) mass is 331 g/mol. The van der Waals surface area contributed by atoms with Crippen molar-refractivity contribution in [2.45, 2.75) is 44.4 Å². The molecular formula is C13H24Cl3NO2. The summed E-state index contributed by atoms with van der Waals surface area (Å²) in [5.74, 6) is 0.523. The Kier molecular flexibility index (Phi) is 7.46. The zero-order chi connectivity index (χ0) is 14.0. The van der Waals surface area contributed by atoms with Crippen molar-refractivity contribution in [1.82, 2.24) is 0 Å². The van der Waals surface area contributed by atoms with Crippen LogP contribution in [0.2, 0.25) is 0 Å². The van der Waals surface area contributed by atoms with Gasteiger partial charge in [-0.1, -0.05) is 20.8 Å². The van der Waals surface area contributed by atoms with Crippen LogP contribution in [0.5, 0.6) is 0 Å². The molecule has 2 N–H and O–H groups in total. The van der Waals surface area contributed by atoms with E-state index >= 15 is 0 Å². The first-order valence-electron chi connectivity index (χ1n) is 6.44. The van der Waals surface area contributed by atoms with Gasteiger partial charge >= 0.3 is 5.97 Å². The van der Waals surface area contributed by atoms with E-state index in [4.69, 9.17) is 33.7 Å². The second-order valence-corrected chi connectivity index (χ2v) is 7.52. The molecule has 1 aliphatic carbocycles. The van der Waals surface area contributed by atoms with E-state index in [2.05, 4.69) is 13.8 Å². The van der Waals surface area contributed by atoms with Gasteiger partial charge in [0.15, 0.2) is 0 Å². The van der Waals surface area contributed by atoms with E-state index in [1.165, 1.54) is 0 Å². The van der Waals surface area contributed by atoms with E-state index < -0.39 is 4.33 Å². The van der Waals surface area contributed by atoms with E-state index in [1.54, 1.807) is 0 Å². The highest BCUT2D eigenvalue weighted by atomic mass is 35.5. The van der Waals surface area contributed by atoms with Crippen LogP contribution in [0.15, 0.2) is 0 Å². The molecule has 0 spiro atoms. The first-order chi connectivity index (χ1) is 8.20. The molecule has 2 atom stereocenters. The van der Waals surface area contributed by atoms with Crippen LogP contribution in [0.4, 0.5) is 0 Å². The average Bonchev–Trinajstić information content (AvgIpc) is 2.74. The van der Waals surface area contributed by atoms with Gasteiger partial charge in [0.2, 0.25) is 0 Å². The summed E-state index contributed by atoms with van der Waals surface area (Å²) < 4.78 is 4.52. The molecule has 19 heavy (non-hydrogen) atoms. The lowest BCUT2D eigenvalue weighted by Crippen LogP contribution is -2.23. The second kappa shape index (κ2) is 7.35. The third-order valence-electron chi connectivity index (χ3n) is 3.52. The van der Waals surface area contributed by atoms with E-state index in [0.29, 0.717) is 25.3 Å². The predicted octanol–water partition coefficient (Wildman–Crippen LogP) is 3.55. The Morgan fingerprint density at radius 2 is 1.95 bits per heavy atom. The van der Waals surface area contributed by atoms with Crippen molar-refractivity contribution < 1.29 is 9.53 Å². The van der Waals surface area contributed by atoms with Crippen LogP contribution in [-0.4, -0.2) is 23.5 Å². The van der Waals surface area contributed by atoms with Crippen molar-refractivity contribution in [3.05, 3.63) is 0 Å². The van der Waals surface area contributed by atoms with Crippen LogP contribution < -0.4 is 5.73 Å². The van der Waals surface area contributed by atoms with E-state index in [9.17, 15) is 4.79 Å². The van der Waals surface area contributed by atoms with Crippen molar-refractivity contribution in [3.8, 4) is 0 Å². The summed E-state index contributed by atoms with van der Waals surface area (Å²) in [4.78, 5) is 11.7. The maximum Gasteiger partial charge on any atom is 0.306 e. The summed E-state index contributed by atoms with van der Waals surface area (Å²) in [5, 5.41) is 0. The lowest BCUT2D eigenvalue weighted by atomic mass is 9.94. The van der Waals surface area contributed by atoms with Crippen LogP contribution in [0.3, 0.4) is 0 Å². The van der Waals surface area contributed by atoms with E-state index in [-0.39, 0.29) is 36.3 Å². The van der Waals surface area contributed by atoms with E-state index in [0.717, 1.165) is 6.42 Å². The van der Waals surface area contributed by atoms with Crippen LogP contribution >= 0.6 is 35.6 Å².